The van der Waals surface area contributed by atoms with Crippen LogP contribution in [0.2, 0.25) is 0 Å². The highest BCUT2D eigenvalue weighted by Gasteiger charge is 2.05. The second-order valence-corrected chi connectivity index (χ2v) is 1.82. The smallest absolute Gasteiger partial charge is 0.0608 e. The van der Waals surface area contributed by atoms with E-state index in [1.165, 1.54) is 0 Å². The summed E-state index contributed by atoms with van der Waals surface area (Å²) in [6.45, 7) is 3.74. The summed E-state index contributed by atoms with van der Waals surface area (Å²) in [7, 11) is 1.94. The van der Waals surface area contributed by atoms with Gasteiger partial charge in [-0.3, -0.25) is 5.43 Å². The van der Waals surface area contributed by atoms with Crippen LogP contribution in [0.5, 0.6) is 0 Å². The number of hydrogen-bond donors (Lipinski definition) is 1. The lowest BCUT2D eigenvalue weighted by molar-refractivity contribution is 0.0171. The highest BCUT2D eigenvalue weighted by atomic mass is 35.5. The summed E-state index contributed by atoms with van der Waals surface area (Å²) in [4.78, 5) is 0. The van der Waals surface area contributed by atoms with Crippen molar-refractivity contribution >= 4 is 12.4 Å². The Balaban J connectivity index is 0.000000640. The molecule has 0 spiro atoms. The van der Waals surface area contributed by atoms with Gasteiger partial charge in [0.25, 0.3) is 0 Å². The maximum Gasteiger partial charge on any atom is 0.0608 e. The zero-order valence-corrected chi connectivity index (χ0v) is 6.41. The molecule has 1 fully saturated rings. The molecule has 0 bridgehead atoms. The van der Waals surface area contributed by atoms with Crippen molar-refractivity contribution in [1.29, 1.82) is 0 Å². The van der Waals surface area contributed by atoms with Crippen LogP contribution in [0.1, 0.15) is 0 Å². The first-order valence-corrected chi connectivity index (χ1v) is 2.93. The zero-order chi connectivity index (χ0) is 5.82. The lowest BCUT2D eigenvalue weighted by Crippen LogP contribution is -2.43. The van der Waals surface area contributed by atoms with Crippen molar-refractivity contribution < 1.29 is 4.74 Å². The molecular formula is C5H13ClN2O. The van der Waals surface area contributed by atoms with Crippen molar-refractivity contribution in [3.8, 4) is 0 Å². The quantitative estimate of drug-likeness (QED) is 0.567. The minimum atomic E-state index is 0. The third kappa shape index (κ3) is 3.01. The molecule has 1 saturated heterocycles. The molecular weight excluding hydrogens is 140 g/mol. The van der Waals surface area contributed by atoms with Gasteiger partial charge in [-0.15, -0.1) is 12.4 Å². The van der Waals surface area contributed by atoms with E-state index in [4.69, 9.17) is 4.74 Å². The van der Waals surface area contributed by atoms with E-state index in [1.807, 2.05) is 7.05 Å². The Morgan fingerprint density at radius 1 is 1.33 bits per heavy atom. The van der Waals surface area contributed by atoms with Crippen LogP contribution in [0.15, 0.2) is 0 Å². The topological polar surface area (TPSA) is 24.5 Å². The van der Waals surface area contributed by atoms with E-state index in [0.717, 1.165) is 26.3 Å². The van der Waals surface area contributed by atoms with Crippen molar-refractivity contribution in [2.24, 2.45) is 0 Å². The van der Waals surface area contributed by atoms with Gasteiger partial charge in [0.2, 0.25) is 0 Å². The molecule has 0 atom stereocenters. The second kappa shape index (κ2) is 4.99. The van der Waals surface area contributed by atoms with Gasteiger partial charge >= 0.3 is 0 Å². The average Bonchev–Trinajstić information content (AvgIpc) is 1.90. The summed E-state index contributed by atoms with van der Waals surface area (Å²) in [6.07, 6.45) is 0. The summed E-state index contributed by atoms with van der Waals surface area (Å²) in [5, 5.41) is 2.14. The fraction of sp³-hybridized carbons (Fsp3) is 1.00. The van der Waals surface area contributed by atoms with Crippen LogP contribution in [0.25, 0.3) is 0 Å². The fourth-order valence-corrected chi connectivity index (χ4v) is 0.787. The summed E-state index contributed by atoms with van der Waals surface area (Å²) < 4.78 is 5.12. The predicted octanol–water partition coefficient (Wildman–Crippen LogP) is -0.125. The van der Waals surface area contributed by atoms with Gasteiger partial charge in [-0.05, 0) is 7.05 Å². The van der Waals surface area contributed by atoms with Crippen LogP contribution in [-0.4, -0.2) is 38.4 Å². The number of rotatable bonds is 1. The molecule has 56 valence electrons. The van der Waals surface area contributed by atoms with Gasteiger partial charge in [0.15, 0.2) is 0 Å². The van der Waals surface area contributed by atoms with Crippen LogP contribution < -0.4 is 5.43 Å². The maximum absolute atomic E-state index is 5.12. The number of hydrogen-bond acceptors (Lipinski definition) is 3. The van der Waals surface area contributed by atoms with Crippen molar-refractivity contribution in [1.82, 2.24) is 10.4 Å². The molecule has 0 radical (unpaired) electrons. The molecule has 0 aromatic carbocycles. The Labute approximate surface area is 61.7 Å². The minimum absolute atomic E-state index is 0. The Morgan fingerprint density at radius 2 is 1.89 bits per heavy atom. The highest BCUT2D eigenvalue weighted by Crippen LogP contribution is 1.89. The zero-order valence-electron chi connectivity index (χ0n) is 5.59. The Morgan fingerprint density at radius 3 is 2.22 bits per heavy atom. The largest absolute Gasteiger partial charge is 0.379 e. The third-order valence-corrected chi connectivity index (χ3v) is 1.33. The lowest BCUT2D eigenvalue weighted by atomic mass is 10.5. The summed E-state index contributed by atoms with van der Waals surface area (Å²) in [5.41, 5.74) is 3.06. The van der Waals surface area contributed by atoms with Gasteiger partial charge in [0.1, 0.15) is 0 Å². The lowest BCUT2D eigenvalue weighted by Gasteiger charge is -2.24. The number of ether oxygens (including phenoxy) is 1. The van der Waals surface area contributed by atoms with E-state index in [1.54, 1.807) is 0 Å². The molecule has 0 aromatic rings. The van der Waals surface area contributed by atoms with E-state index in [2.05, 4.69) is 10.4 Å². The molecule has 9 heavy (non-hydrogen) atoms. The first-order chi connectivity index (χ1) is 3.93. The van der Waals surface area contributed by atoms with Crippen LogP contribution in [0.3, 0.4) is 0 Å². The normalized spacial score (nSPS) is 21.0. The van der Waals surface area contributed by atoms with E-state index in [9.17, 15) is 0 Å². The first-order valence-electron chi connectivity index (χ1n) is 2.93. The maximum atomic E-state index is 5.12. The number of morpholine rings is 1. The first kappa shape index (κ1) is 9.17. The molecule has 0 aromatic heterocycles. The number of hydrazine groups is 1. The van der Waals surface area contributed by atoms with Crippen LogP contribution in [0, 0.1) is 0 Å². The van der Waals surface area contributed by atoms with Crippen molar-refractivity contribution in [2.75, 3.05) is 33.4 Å². The van der Waals surface area contributed by atoms with Gasteiger partial charge < -0.3 is 4.74 Å². The van der Waals surface area contributed by atoms with E-state index in [-0.39, 0.29) is 12.4 Å². The van der Waals surface area contributed by atoms with Gasteiger partial charge in [0, 0.05) is 13.1 Å². The monoisotopic (exact) mass is 152 g/mol. The highest BCUT2D eigenvalue weighted by molar-refractivity contribution is 5.85. The number of nitrogens with one attached hydrogen (secondary N) is 1. The Hall–Kier alpha value is 0.170. The SMILES string of the molecule is CNN1CCOCC1.Cl. The fourth-order valence-electron chi connectivity index (χ4n) is 0.787. The van der Waals surface area contributed by atoms with Gasteiger partial charge in [-0.2, -0.15) is 0 Å². The standard InChI is InChI=1S/C5H12N2O.ClH/c1-6-7-2-4-8-5-3-7;/h6H,2-5H2,1H3;1H. The molecule has 1 aliphatic rings. The second-order valence-electron chi connectivity index (χ2n) is 1.82. The average molecular weight is 153 g/mol. The summed E-state index contributed by atoms with van der Waals surface area (Å²) in [5.74, 6) is 0. The molecule has 0 unspecified atom stereocenters. The van der Waals surface area contributed by atoms with E-state index < -0.39 is 0 Å². The molecule has 3 nitrogen and oxygen atoms in total. The molecule has 0 aliphatic carbocycles. The van der Waals surface area contributed by atoms with Crippen LogP contribution in [-0.2, 0) is 4.74 Å². The van der Waals surface area contributed by atoms with Crippen molar-refractivity contribution in [3.63, 3.8) is 0 Å². The van der Waals surface area contributed by atoms with Crippen molar-refractivity contribution in [2.45, 2.75) is 0 Å². The third-order valence-electron chi connectivity index (χ3n) is 1.33. The summed E-state index contributed by atoms with van der Waals surface area (Å²) >= 11 is 0. The molecule has 1 N–H and O–H groups in total. The Kier molecular flexibility index (Phi) is 5.09. The molecule has 1 heterocycles. The number of halogens is 1. The molecule has 0 saturated carbocycles. The van der Waals surface area contributed by atoms with E-state index in [0.29, 0.717) is 0 Å². The molecule has 1 rings (SSSR count). The summed E-state index contributed by atoms with van der Waals surface area (Å²) in [6, 6.07) is 0. The molecule has 0 amide bonds. The van der Waals surface area contributed by atoms with Gasteiger partial charge in [-0.25, -0.2) is 5.01 Å². The van der Waals surface area contributed by atoms with Crippen LogP contribution >= 0.6 is 12.4 Å². The van der Waals surface area contributed by atoms with E-state index >= 15 is 0 Å². The Bertz CT molecular complexity index is 66.0. The molecule has 4 heteroatoms. The van der Waals surface area contributed by atoms with Crippen molar-refractivity contribution in [3.05, 3.63) is 0 Å². The van der Waals surface area contributed by atoms with Gasteiger partial charge in [-0.1, -0.05) is 0 Å². The predicted molar refractivity (Wildman–Crippen MR) is 38.7 cm³/mol. The minimum Gasteiger partial charge on any atom is -0.379 e. The van der Waals surface area contributed by atoms with Gasteiger partial charge in [0.05, 0.1) is 13.2 Å². The van der Waals surface area contributed by atoms with Crippen LogP contribution in [0.4, 0.5) is 0 Å². The number of nitrogens with zero attached hydrogens (tertiary/aromatic N) is 1. The molecule has 1 aliphatic heterocycles.